The topological polar surface area (TPSA) is 3.24 Å². The molecule has 1 aliphatic rings. The predicted molar refractivity (Wildman–Crippen MR) is 277 cm³/mol. The molecule has 0 spiro atoms. The Morgan fingerprint density at radius 2 is 0.846 bits per heavy atom. The molecule has 0 bridgehead atoms. The Balaban J connectivity index is 1.03. The molecule has 13 rings (SSSR count). The van der Waals surface area contributed by atoms with Crippen molar-refractivity contribution in [2.75, 3.05) is 4.90 Å². The Kier molecular flexibility index (Phi) is 8.69. The summed E-state index contributed by atoms with van der Waals surface area (Å²) in [7, 11) is 0. The van der Waals surface area contributed by atoms with Gasteiger partial charge in [0.1, 0.15) is 0 Å². The molecule has 1 nitrogen and oxygen atoms in total. The first kappa shape index (κ1) is 37.5. The van der Waals surface area contributed by atoms with Crippen molar-refractivity contribution < 1.29 is 0 Å². The van der Waals surface area contributed by atoms with Crippen LogP contribution in [0.25, 0.3) is 75.1 Å². The maximum atomic E-state index is 2.46. The summed E-state index contributed by atoms with van der Waals surface area (Å²) in [5.41, 5.74) is 15.4. The average Bonchev–Trinajstić information content (AvgIpc) is 3.91. The molecule has 1 heterocycles. The molecule has 304 valence electrons. The van der Waals surface area contributed by atoms with Crippen molar-refractivity contribution in [1.29, 1.82) is 0 Å². The first-order chi connectivity index (χ1) is 32.2. The summed E-state index contributed by atoms with van der Waals surface area (Å²) in [4.78, 5) is 2.46. The zero-order valence-corrected chi connectivity index (χ0v) is 36.3. The molecule has 0 radical (unpaired) electrons. The van der Waals surface area contributed by atoms with Crippen LogP contribution in [0, 0.1) is 0 Å². The van der Waals surface area contributed by atoms with Gasteiger partial charge < -0.3 is 4.90 Å². The molecule has 0 unspecified atom stereocenters. The number of anilines is 3. The Labute approximate surface area is 382 Å². The number of benzene rings is 11. The highest BCUT2D eigenvalue weighted by Crippen LogP contribution is 2.57. The summed E-state index contributed by atoms with van der Waals surface area (Å²) >= 11 is 1.87. The van der Waals surface area contributed by atoms with E-state index in [1.54, 1.807) is 0 Å². The van der Waals surface area contributed by atoms with Crippen LogP contribution in [-0.2, 0) is 5.41 Å². The molecule has 0 atom stereocenters. The van der Waals surface area contributed by atoms with Crippen molar-refractivity contribution in [2.45, 2.75) is 5.41 Å². The van der Waals surface area contributed by atoms with Crippen molar-refractivity contribution in [3.63, 3.8) is 0 Å². The van der Waals surface area contributed by atoms with Gasteiger partial charge in [-0.2, -0.15) is 0 Å². The lowest BCUT2D eigenvalue weighted by molar-refractivity contribution is 0.768. The van der Waals surface area contributed by atoms with Crippen LogP contribution in [0.2, 0.25) is 0 Å². The minimum absolute atomic E-state index is 0.517. The Morgan fingerprint density at radius 1 is 0.308 bits per heavy atom. The van der Waals surface area contributed by atoms with E-state index in [9.17, 15) is 0 Å². The summed E-state index contributed by atoms with van der Waals surface area (Å²) in [5.74, 6) is 0. The minimum Gasteiger partial charge on any atom is -0.310 e. The molecule has 1 aliphatic carbocycles. The van der Waals surface area contributed by atoms with Crippen molar-refractivity contribution in [2.24, 2.45) is 0 Å². The fourth-order valence-corrected chi connectivity index (χ4v) is 12.0. The third kappa shape index (κ3) is 5.85. The van der Waals surface area contributed by atoms with E-state index in [2.05, 4.69) is 254 Å². The van der Waals surface area contributed by atoms with Crippen LogP contribution >= 0.6 is 11.3 Å². The number of rotatable bonds is 7. The van der Waals surface area contributed by atoms with E-state index < -0.39 is 5.41 Å². The van der Waals surface area contributed by atoms with Gasteiger partial charge in [0, 0.05) is 37.2 Å². The van der Waals surface area contributed by atoms with Gasteiger partial charge in [-0.1, -0.05) is 200 Å². The highest BCUT2D eigenvalue weighted by Gasteiger charge is 2.46. The van der Waals surface area contributed by atoms with E-state index in [0.29, 0.717) is 0 Å². The van der Waals surface area contributed by atoms with E-state index in [1.165, 1.54) is 97.4 Å². The quantitative estimate of drug-likeness (QED) is 0.154. The number of nitrogens with zero attached hydrogens (tertiary/aromatic N) is 1. The standard InChI is InChI=1S/C63H41NS/c1-3-16-42(17-4-1)51-28-13-19-45-20-14-29-52(61(45)51)44-32-35-48(36-33-44)64(50-37-39-59-56(41-50)62-53-25-8-7-18-43(53)34-38-60(62)65-59)49-24-15-23-47(40-49)63(46-21-5-2-6-22-46)57-30-11-9-26-54(57)55-27-10-12-31-58(55)63/h1-41H. The molecule has 1 aromatic heterocycles. The lowest BCUT2D eigenvalue weighted by Gasteiger charge is -2.35. The van der Waals surface area contributed by atoms with Gasteiger partial charge in [0.05, 0.1) is 5.41 Å². The average molecular weight is 844 g/mol. The monoisotopic (exact) mass is 843 g/mol. The molecule has 0 saturated heterocycles. The van der Waals surface area contributed by atoms with Crippen molar-refractivity contribution in [3.8, 4) is 33.4 Å². The molecule has 0 aliphatic heterocycles. The second-order valence-corrected chi connectivity index (χ2v) is 18.2. The van der Waals surface area contributed by atoms with Gasteiger partial charge >= 0.3 is 0 Å². The Bertz CT molecular complexity index is 3720. The van der Waals surface area contributed by atoms with E-state index >= 15 is 0 Å². The number of hydrogen-bond donors (Lipinski definition) is 0. The van der Waals surface area contributed by atoms with E-state index in [1.807, 2.05) is 11.3 Å². The summed E-state index contributed by atoms with van der Waals surface area (Å²) < 4.78 is 2.60. The molecule has 11 aromatic carbocycles. The van der Waals surface area contributed by atoms with Gasteiger partial charge in [-0.25, -0.2) is 0 Å². The van der Waals surface area contributed by atoms with Crippen LogP contribution in [-0.4, -0.2) is 0 Å². The number of thiophene rings is 1. The minimum atomic E-state index is -0.517. The van der Waals surface area contributed by atoms with Gasteiger partial charge in [-0.15, -0.1) is 11.3 Å². The molecule has 0 N–H and O–H groups in total. The molecule has 0 fully saturated rings. The summed E-state index contributed by atoms with van der Waals surface area (Å²) in [6.45, 7) is 0. The summed E-state index contributed by atoms with van der Waals surface area (Å²) in [6.07, 6.45) is 0. The second kappa shape index (κ2) is 15.1. The van der Waals surface area contributed by atoms with Crippen molar-refractivity contribution in [3.05, 3.63) is 271 Å². The maximum Gasteiger partial charge on any atom is 0.0714 e. The molecular formula is C63H41NS. The van der Waals surface area contributed by atoms with Gasteiger partial charge in [-0.05, 0) is 126 Å². The lowest BCUT2D eigenvalue weighted by Crippen LogP contribution is -2.28. The van der Waals surface area contributed by atoms with Gasteiger partial charge in [-0.3, -0.25) is 0 Å². The smallest absolute Gasteiger partial charge is 0.0714 e. The van der Waals surface area contributed by atoms with Crippen LogP contribution in [0.1, 0.15) is 22.3 Å². The van der Waals surface area contributed by atoms with Crippen molar-refractivity contribution in [1.82, 2.24) is 0 Å². The van der Waals surface area contributed by atoms with Crippen LogP contribution in [0.15, 0.2) is 249 Å². The Hall–Kier alpha value is -8.04. The molecule has 0 saturated carbocycles. The number of hydrogen-bond acceptors (Lipinski definition) is 2. The Morgan fingerprint density at radius 3 is 1.58 bits per heavy atom. The maximum absolute atomic E-state index is 2.46. The van der Waals surface area contributed by atoms with Crippen LogP contribution < -0.4 is 4.90 Å². The second-order valence-electron chi connectivity index (χ2n) is 17.2. The largest absolute Gasteiger partial charge is 0.310 e. The van der Waals surface area contributed by atoms with Crippen LogP contribution in [0.3, 0.4) is 0 Å². The summed E-state index contributed by atoms with van der Waals surface area (Å²) in [5, 5.41) is 7.65. The fraction of sp³-hybridized carbons (Fsp3) is 0.0159. The molecular weight excluding hydrogens is 803 g/mol. The molecule has 12 aromatic rings. The molecule has 2 heteroatoms. The third-order valence-corrected chi connectivity index (χ3v) is 14.9. The lowest BCUT2D eigenvalue weighted by atomic mass is 9.67. The molecule has 65 heavy (non-hydrogen) atoms. The van der Waals surface area contributed by atoms with Gasteiger partial charge in [0.15, 0.2) is 0 Å². The predicted octanol–water partition coefficient (Wildman–Crippen LogP) is 17.5. The van der Waals surface area contributed by atoms with Gasteiger partial charge in [0.25, 0.3) is 0 Å². The zero-order valence-electron chi connectivity index (χ0n) is 35.5. The van der Waals surface area contributed by atoms with Crippen LogP contribution in [0.4, 0.5) is 17.1 Å². The van der Waals surface area contributed by atoms with Crippen molar-refractivity contribution >= 4 is 70.1 Å². The number of fused-ring (bicyclic) bond motifs is 9. The summed E-state index contributed by atoms with van der Waals surface area (Å²) in [6, 6.07) is 92.1. The highest BCUT2D eigenvalue weighted by atomic mass is 32.1. The third-order valence-electron chi connectivity index (χ3n) is 13.7. The van der Waals surface area contributed by atoms with E-state index in [0.717, 1.165) is 17.1 Å². The SMILES string of the molecule is c1ccc(-c2cccc3cccc(-c4ccc(N(c5cccc(C6(c7ccccc7)c7ccccc7-c7ccccc76)c5)c5ccc6sc7ccc8ccccc8c7c6c5)cc4)c23)cc1. The van der Waals surface area contributed by atoms with E-state index in [-0.39, 0.29) is 0 Å². The van der Waals surface area contributed by atoms with Gasteiger partial charge in [0.2, 0.25) is 0 Å². The van der Waals surface area contributed by atoms with E-state index in [4.69, 9.17) is 0 Å². The molecule has 0 amide bonds. The normalized spacial score (nSPS) is 12.7. The first-order valence-electron chi connectivity index (χ1n) is 22.4. The van der Waals surface area contributed by atoms with Crippen LogP contribution in [0.5, 0.6) is 0 Å². The highest BCUT2D eigenvalue weighted by molar-refractivity contribution is 7.26. The fourth-order valence-electron chi connectivity index (χ4n) is 10.9. The zero-order chi connectivity index (χ0) is 42.9. The first-order valence-corrected chi connectivity index (χ1v) is 23.2.